The third-order valence-corrected chi connectivity index (χ3v) is 5.77. The number of rotatable bonds is 5. The molecule has 0 amide bonds. The molecule has 148 valence electrons. The van der Waals surface area contributed by atoms with Crippen molar-refractivity contribution in [2.24, 2.45) is 0 Å². The molecule has 0 bridgehead atoms. The Hall–Kier alpha value is -3.51. The molecule has 2 atom stereocenters. The minimum Gasteiger partial charge on any atom is -0.352 e. The number of pyridine rings is 2. The molecule has 1 aliphatic heterocycles. The second kappa shape index (κ2) is 8.08. The van der Waals surface area contributed by atoms with Crippen LogP contribution in [0, 0.1) is 0 Å². The SMILES string of the molecule is S=C1N[C@H](c2ccccn2)[C@H](c2cccn2-c2ccccc2)N1Cc1ccncc1. The third-order valence-electron chi connectivity index (χ3n) is 5.42. The summed E-state index contributed by atoms with van der Waals surface area (Å²) in [5.74, 6) is 0. The quantitative estimate of drug-likeness (QED) is 0.492. The van der Waals surface area contributed by atoms with Crippen LogP contribution in [0.1, 0.15) is 29.0 Å². The van der Waals surface area contributed by atoms with E-state index in [1.807, 2.05) is 48.9 Å². The first-order valence-corrected chi connectivity index (χ1v) is 10.3. The summed E-state index contributed by atoms with van der Waals surface area (Å²) in [6, 6.07) is 24.7. The van der Waals surface area contributed by atoms with E-state index in [1.54, 1.807) is 0 Å². The molecule has 6 heteroatoms. The zero-order chi connectivity index (χ0) is 20.3. The van der Waals surface area contributed by atoms with Crippen LogP contribution in [0.4, 0.5) is 0 Å². The van der Waals surface area contributed by atoms with Crippen molar-refractivity contribution in [3.8, 4) is 5.69 Å². The van der Waals surface area contributed by atoms with Gasteiger partial charge in [0.2, 0.25) is 0 Å². The van der Waals surface area contributed by atoms with Gasteiger partial charge in [-0.1, -0.05) is 24.3 Å². The van der Waals surface area contributed by atoms with E-state index in [1.165, 1.54) is 11.3 Å². The van der Waals surface area contributed by atoms with Crippen LogP contribution in [-0.4, -0.2) is 24.5 Å². The van der Waals surface area contributed by atoms with Gasteiger partial charge in [-0.25, -0.2) is 0 Å². The van der Waals surface area contributed by atoms with Crippen LogP contribution in [0.25, 0.3) is 5.69 Å². The molecule has 1 N–H and O–H groups in total. The molecular formula is C24H21N5S. The molecule has 0 spiro atoms. The number of hydrogen-bond donors (Lipinski definition) is 1. The number of aromatic nitrogens is 3. The lowest BCUT2D eigenvalue weighted by Gasteiger charge is -2.29. The van der Waals surface area contributed by atoms with Crippen molar-refractivity contribution in [2.75, 3.05) is 0 Å². The average Bonchev–Trinajstić information content (AvgIpc) is 3.40. The van der Waals surface area contributed by atoms with Gasteiger partial charge in [0.1, 0.15) is 0 Å². The van der Waals surface area contributed by atoms with Crippen molar-refractivity contribution >= 4 is 17.3 Å². The number of thiocarbonyl (C=S) groups is 1. The Bertz CT molecular complexity index is 1130. The minimum atomic E-state index is -0.0436. The Morgan fingerprint density at radius 3 is 2.43 bits per heavy atom. The summed E-state index contributed by atoms with van der Waals surface area (Å²) in [7, 11) is 0. The second-order valence-corrected chi connectivity index (χ2v) is 7.64. The van der Waals surface area contributed by atoms with Crippen molar-refractivity contribution < 1.29 is 0 Å². The van der Waals surface area contributed by atoms with Gasteiger partial charge >= 0.3 is 0 Å². The smallest absolute Gasteiger partial charge is 0.170 e. The predicted octanol–water partition coefficient (Wildman–Crippen LogP) is 4.44. The summed E-state index contributed by atoms with van der Waals surface area (Å²) in [5, 5.41) is 4.25. The molecule has 0 unspecified atom stereocenters. The normalized spacial score (nSPS) is 18.4. The lowest BCUT2D eigenvalue weighted by molar-refractivity contribution is 0.302. The molecule has 1 aromatic carbocycles. The fourth-order valence-electron chi connectivity index (χ4n) is 4.04. The number of nitrogens with zero attached hydrogens (tertiary/aromatic N) is 4. The molecule has 4 heterocycles. The van der Waals surface area contributed by atoms with Crippen LogP contribution in [-0.2, 0) is 6.54 Å². The predicted molar refractivity (Wildman–Crippen MR) is 121 cm³/mol. The number of hydrogen-bond acceptors (Lipinski definition) is 3. The number of para-hydroxylation sites is 1. The summed E-state index contributed by atoms with van der Waals surface area (Å²) in [5.41, 5.74) is 4.43. The van der Waals surface area contributed by atoms with Gasteiger partial charge in [0.05, 0.1) is 17.8 Å². The van der Waals surface area contributed by atoms with E-state index >= 15 is 0 Å². The maximum absolute atomic E-state index is 5.79. The molecule has 0 aliphatic carbocycles. The van der Waals surface area contributed by atoms with E-state index in [9.17, 15) is 0 Å². The van der Waals surface area contributed by atoms with Crippen LogP contribution < -0.4 is 5.32 Å². The van der Waals surface area contributed by atoms with Gasteiger partial charge in [-0.05, 0) is 66.3 Å². The molecule has 4 aromatic rings. The lowest BCUT2D eigenvalue weighted by atomic mass is 10.0. The highest BCUT2D eigenvalue weighted by molar-refractivity contribution is 7.80. The molecule has 30 heavy (non-hydrogen) atoms. The average molecular weight is 412 g/mol. The summed E-state index contributed by atoms with van der Waals surface area (Å²) in [4.78, 5) is 11.0. The van der Waals surface area contributed by atoms with E-state index < -0.39 is 0 Å². The molecular weight excluding hydrogens is 390 g/mol. The van der Waals surface area contributed by atoms with E-state index in [0.29, 0.717) is 6.54 Å². The Kier molecular flexibility index (Phi) is 4.99. The summed E-state index contributed by atoms with van der Waals surface area (Å²) in [6.45, 7) is 0.697. The lowest BCUT2D eigenvalue weighted by Crippen LogP contribution is -2.30. The van der Waals surface area contributed by atoms with Crippen LogP contribution in [0.3, 0.4) is 0 Å². The maximum atomic E-state index is 5.79. The van der Waals surface area contributed by atoms with Gasteiger partial charge in [0.25, 0.3) is 0 Å². The second-order valence-electron chi connectivity index (χ2n) is 7.25. The van der Waals surface area contributed by atoms with Crippen LogP contribution in [0.5, 0.6) is 0 Å². The minimum absolute atomic E-state index is 0.00392. The molecule has 5 rings (SSSR count). The van der Waals surface area contributed by atoms with Gasteiger partial charge in [0, 0.05) is 42.7 Å². The summed E-state index contributed by atoms with van der Waals surface area (Å²) in [6.07, 6.45) is 7.57. The van der Waals surface area contributed by atoms with Crippen LogP contribution in [0.15, 0.2) is 97.6 Å². The topological polar surface area (TPSA) is 46.0 Å². The molecule has 1 aliphatic rings. The van der Waals surface area contributed by atoms with Gasteiger partial charge in [0.15, 0.2) is 5.11 Å². The van der Waals surface area contributed by atoms with E-state index in [-0.39, 0.29) is 12.1 Å². The Labute approximate surface area is 181 Å². The first-order chi connectivity index (χ1) is 14.8. The Balaban J connectivity index is 1.60. The highest BCUT2D eigenvalue weighted by atomic mass is 32.1. The monoisotopic (exact) mass is 411 g/mol. The van der Waals surface area contributed by atoms with Crippen molar-refractivity contribution in [3.63, 3.8) is 0 Å². The van der Waals surface area contributed by atoms with Crippen LogP contribution >= 0.6 is 12.2 Å². The van der Waals surface area contributed by atoms with Crippen molar-refractivity contribution in [2.45, 2.75) is 18.6 Å². The summed E-state index contributed by atoms with van der Waals surface area (Å²) >= 11 is 5.79. The molecule has 5 nitrogen and oxygen atoms in total. The van der Waals surface area contributed by atoms with Crippen molar-refractivity contribution in [1.82, 2.24) is 24.8 Å². The van der Waals surface area contributed by atoms with E-state index in [4.69, 9.17) is 12.2 Å². The molecule has 3 aromatic heterocycles. The zero-order valence-corrected chi connectivity index (χ0v) is 17.1. The largest absolute Gasteiger partial charge is 0.352 e. The Morgan fingerprint density at radius 2 is 1.67 bits per heavy atom. The molecule has 0 radical (unpaired) electrons. The first kappa shape index (κ1) is 18.5. The third kappa shape index (κ3) is 3.46. The highest BCUT2D eigenvalue weighted by Crippen LogP contribution is 2.40. The number of nitrogens with one attached hydrogen (secondary N) is 1. The van der Waals surface area contributed by atoms with Gasteiger partial charge in [-0.15, -0.1) is 0 Å². The zero-order valence-electron chi connectivity index (χ0n) is 16.3. The maximum Gasteiger partial charge on any atom is 0.170 e. The van der Waals surface area contributed by atoms with E-state index in [0.717, 1.165) is 16.5 Å². The molecule has 1 saturated heterocycles. The van der Waals surface area contributed by atoms with Gasteiger partial charge < -0.3 is 14.8 Å². The first-order valence-electron chi connectivity index (χ1n) is 9.91. The van der Waals surface area contributed by atoms with Crippen LogP contribution in [0.2, 0.25) is 0 Å². The fourth-order valence-corrected chi connectivity index (χ4v) is 4.35. The Morgan fingerprint density at radius 1 is 0.867 bits per heavy atom. The highest BCUT2D eigenvalue weighted by Gasteiger charge is 2.41. The van der Waals surface area contributed by atoms with Gasteiger partial charge in [-0.3, -0.25) is 9.97 Å². The molecule has 0 saturated carbocycles. The summed E-state index contributed by atoms with van der Waals surface area (Å²) < 4.78 is 2.23. The van der Waals surface area contributed by atoms with Crippen molar-refractivity contribution in [3.05, 3.63) is 115 Å². The molecule has 1 fully saturated rings. The van der Waals surface area contributed by atoms with Crippen molar-refractivity contribution in [1.29, 1.82) is 0 Å². The fraction of sp³-hybridized carbons (Fsp3) is 0.125. The van der Waals surface area contributed by atoms with Gasteiger partial charge in [-0.2, -0.15) is 0 Å². The number of benzene rings is 1. The van der Waals surface area contributed by atoms with E-state index in [2.05, 4.69) is 73.4 Å². The standard InChI is InChI=1S/C24H21N5S/c30-24-27-22(20-9-4-5-13-26-20)23(29(24)17-18-11-14-25-15-12-18)21-10-6-16-28(21)19-7-2-1-3-8-19/h1-16,22-23H,17H2,(H,27,30)/t22-,23+/m1/s1.